The number of nitrogens with zero attached hydrogens (tertiary/aromatic N) is 1. The molecule has 0 aliphatic carbocycles. The molecule has 6 nitrogen and oxygen atoms in total. The Morgan fingerprint density at radius 1 is 0.800 bits per heavy atom. The van der Waals surface area contributed by atoms with Crippen LogP contribution in [0.25, 0.3) is 11.1 Å². The zero-order valence-corrected chi connectivity index (χ0v) is 23.9. The number of hydrogen-bond acceptors (Lipinski definition) is 5. The van der Waals surface area contributed by atoms with E-state index in [9.17, 15) is 9.59 Å². The molecule has 1 atom stereocenters. The summed E-state index contributed by atoms with van der Waals surface area (Å²) in [6.07, 6.45) is 1.55. The van der Waals surface area contributed by atoms with Gasteiger partial charge in [0.05, 0.1) is 0 Å². The van der Waals surface area contributed by atoms with Gasteiger partial charge in [-0.25, -0.2) is 4.72 Å². The lowest BCUT2D eigenvalue weighted by atomic mass is 9.99. The predicted octanol–water partition coefficient (Wildman–Crippen LogP) is 6.00. The van der Waals surface area contributed by atoms with E-state index in [4.69, 9.17) is 4.84 Å². The van der Waals surface area contributed by atoms with E-state index in [1.165, 1.54) is 17.5 Å². The van der Waals surface area contributed by atoms with Crippen LogP contribution in [0.2, 0.25) is 0 Å². The topological polar surface area (TPSA) is 70.7 Å². The number of carbonyl (C=O) groups is 2. The molecule has 2 N–H and O–H groups in total. The monoisotopic (exact) mass is 553 g/mol. The summed E-state index contributed by atoms with van der Waals surface area (Å²) in [5, 5.41) is 0. The molecule has 0 heterocycles. The van der Waals surface area contributed by atoms with Gasteiger partial charge in [0, 0.05) is 25.4 Å². The number of nitrogens with one attached hydrogen (secondary N) is 2. The second-order valence-electron chi connectivity index (χ2n) is 9.86. The van der Waals surface area contributed by atoms with E-state index in [-0.39, 0.29) is 17.9 Å². The van der Waals surface area contributed by atoms with E-state index in [0.29, 0.717) is 25.0 Å². The van der Waals surface area contributed by atoms with Crippen molar-refractivity contribution in [2.24, 2.45) is 0 Å². The average Bonchev–Trinajstić information content (AvgIpc) is 2.98. The maximum absolute atomic E-state index is 12.9. The van der Waals surface area contributed by atoms with Crippen LogP contribution in [0, 0.1) is 6.92 Å². The second kappa shape index (κ2) is 14.4. The summed E-state index contributed by atoms with van der Waals surface area (Å²) < 4.78 is 3.36. The lowest BCUT2D eigenvalue weighted by Crippen LogP contribution is -2.42. The maximum atomic E-state index is 12.9. The van der Waals surface area contributed by atoms with Gasteiger partial charge in [-0.15, -0.1) is 0 Å². The van der Waals surface area contributed by atoms with Crippen LogP contribution in [0.5, 0.6) is 5.75 Å². The first-order chi connectivity index (χ1) is 19.4. The Balaban J connectivity index is 1.30. The summed E-state index contributed by atoms with van der Waals surface area (Å²) in [5.41, 5.74) is 8.06. The molecule has 0 spiro atoms. The van der Waals surface area contributed by atoms with Crippen LogP contribution < -0.4 is 15.0 Å². The standard InChI is InChI=1S/C33H35N3O3S/c1-24-9-20-30(21-10-24)40-35-31(33(38)36(2)3)23-26-13-18-28(19-14-26)27-16-11-25(12-17-27)15-22-32(37)34-39-29-7-5-4-6-8-29/h4-14,16-21,31,35H,15,22-23H2,1-3H3,(H,34,37)/t31-/m0/s1. The zero-order chi connectivity index (χ0) is 28.3. The Morgan fingerprint density at radius 3 is 2.00 bits per heavy atom. The van der Waals surface area contributed by atoms with Crippen molar-refractivity contribution >= 4 is 23.8 Å². The molecular formula is C33H35N3O3S. The Labute approximate surface area is 240 Å². The Bertz CT molecular complexity index is 1370. The van der Waals surface area contributed by atoms with Gasteiger partial charge in [-0.2, -0.15) is 5.48 Å². The van der Waals surface area contributed by atoms with Gasteiger partial charge in [0.25, 0.3) is 5.91 Å². The van der Waals surface area contributed by atoms with E-state index in [2.05, 4.69) is 77.8 Å². The average molecular weight is 554 g/mol. The Kier molecular flexibility index (Phi) is 10.4. The summed E-state index contributed by atoms with van der Waals surface area (Å²) in [6.45, 7) is 2.06. The molecule has 2 amide bonds. The number of hydroxylamine groups is 1. The molecule has 206 valence electrons. The van der Waals surface area contributed by atoms with Crippen molar-refractivity contribution in [3.05, 3.63) is 120 Å². The Hall–Kier alpha value is -4.07. The van der Waals surface area contributed by atoms with Crippen LogP contribution in [0.3, 0.4) is 0 Å². The normalized spacial score (nSPS) is 11.5. The fourth-order valence-electron chi connectivity index (χ4n) is 4.08. The van der Waals surface area contributed by atoms with Crippen molar-refractivity contribution in [1.82, 2.24) is 15.1 Å². The van der Waals surface area contributed by atoms with E-state index >= 15 is 0 Å². The van der Waals surface area contributed by atoms with Gasteiger partial charge in [-0.3, -0.25) is 9.59 Å². The lowest BCUT2D eigenvalue weighted by Gasteiger charge is -2.21. The SMILES string of the molecule is Cc1ccc(SN[C@@H](Cc2ccc(-c3ccc(CCC(=O)NOc4ccccc4)cc3)cc2)C(=O)N(C)C)cc1. The number of amides is 2. The van der Waals surface area contributed by atoms with Gasteiger partial charge in [0.1, 0.15) is 6.04 Å². The van der Waals surface area contributed by atoms with Crippen LogP contribution in [0.1, 0.15) is 23.1 Å². The molecule has 0 fully saturated rings. The lowest BCUT2D eigenvalue weighted by molar-refractivity contribution is -0.130. The Morgan fingerprint density at radius 2 is 1.40 bits per heavy atom. The highest BCUT2D eigenvalue weighted by Crippen LogP contribution is 2.23. The number of para-hydroxylation sites is 1. The van der Waals surface area contributed by atoms with Gasteiger partial charge < -0.3 is 9.74 Å². The van der Waals surface area contributed by atoms with Crippen LogP contribution in [0.4, 0.5) is 0 Å². The molecule has 4 rings (SSSR count). The van der Waals surface area contributed by atoms with Crippen molar-refractivity contribution in [2.75, 3.05) is 14.1 Å². The molecule has 0 saturated carbocycles. The van der Waals surface area contributed by atoms with Crippen molar-refractivity contribution in [3.8, 4) is 16.9 Å². The number of carbonyl (C=O) groups excluding carboxylic acids is 2. The molecule has 4 aromatic rings. The third kappa shape index (κ3) is 8.73. The van der Waals surface area contributed by atoms with E-state index in [0.717, 1.165) is 27.1 Å². The molecule has 0 bridgehead atoms. The molecule has 0 saturated heterocycles. The highest BCUT2D eigenvalue weighted by molar-refractivity contribution is 7.97. The van der Waals surface area contributed by atoms with Crippen LogP contribution in [-0.2, 0) is 22.4 Å². The quantitative estimate of drug-likeness (QED) is 0.166. The second-order valence-corrected chi connectivity index (χ2v) is 10.8. The molecule has 40 heavy (non-hydrogen) atoms. The van der Waals surface area contributed by atoms with Crippen molar-refractivity contribution in [3.63, 3.8) is 0 Å². The van der Waals surface area contributed by atoms with Crippen molar-refractivity contribution in [2.45, 2.75) is 37.1 Å². The van der Waals surface area contributed by atoms with Gasteiger partial charge >= 0.3 is 0 Å². The molecule has 4 aromatic carbocycles. The van der Waals surface area contributed by atoms with Crippen LogP contribution >= 0.6 is 11.9 Å². The molecule has 0 aromatic heterocycles. The van der Waals surface area contributed by atoms with Gasteiger partial charge in [0.15, 0.2) is 5.75 Å². The van der Waals surface area contributed by atoms with Crippen molar-refractivity contribution in [1.29, 1.82) is 0 Å². The number of rotatable bonds is 12. The minimum atomic E-state index is -0.346. The van der Waals surface area contributed by atoms with E-state index < -0.39 is 0 Å². The van der Waals surface area contributed by atoms with Crippen LogP contribution in [-0.4, -0.2) is 36.9 Å². The number of benzene rings is 4. The summed E-state index contributed by atoms with van der Waals surface area (Å²) in [4.78, 5) is 33.0. The molecule has 0 aliphatic heterocycles. The third-order valence-corrected chi connectivity index (χ3v) is 7.34. The fraction of sp³-hybridized carbons (Fsp3) is 0.212. The zero-order valence-electron chi connectivity index (χ0n) is 23.1. The summed E-state index contributed by atoms with van der Waals surface area (Å²) in [7, 11) is 3.57. The van der Waals surface area contributed by atoms with E-state index in [1.807, 2.05) is 30.3 Å². The first-order valence-corrected chi connectivity index (χ1v) is 14.1. The molecule has 0 aliphatic rings. The summed E-state index contributed by atoms with van der Waals surface area (Å²) >= 11 is 1.48. The predicted molar refractivity (Wildman–Crippen MR) is 162 cm³/mol. The highest BCUT2D eigenvalue weighted by Gasteiger charge is 2.21. The summed E-state index contributed by atoms with van der Waals surface area (Å²) in [5.74, 6) is 0.476. The first kappa shape index (κ1) is 28.9. The maximum Gasteiger partial charge on any atom is 0.252 e. The minimum absolute atomic E-state index is 0.0413. The molecule has 0 unspecified atom stereocenters. The van der Waals surface area contributed by atoms with E-state index in [1.54, 1.807) is 31.1 Å². The number of aryl methyl sites for hydroxylation is 2. The van der Waals surface area contributed by atoms with Gasteiger partial charge in [-0.05, 0) is 78.2 Å². The number of hydrogen-bond donors (Lipinski definition) is 2. The first-order valence-electron chi connectivity index (χ1n) is 13.3. The van der Waals surface area contributed by atoms with Gasteiger partial charge in [-0.1, -0.05) is 84.4 Å². The fourth-order valence-corrected chi connectivity index (χ4v) is 4.82. The highest BCUT2D eigenvalue weighted by atomic mass is 32.2. The van der Waals surface area contributed by atoms with Crippen molar-refractivity contribution < 1.29 is 14.4 Å². The summed E-state index contributed by atoms with van der Waals surface area (Å²) in [6, 6.07) is 33.6. The molecule has 0 radical (unpaired) electrons. The smallest absolute Gasteiger partial charge is 0.252 e. The van der Waals surface area contributed by atoms with Crippen LogP contribution in [0.15, 0.2) is 108 Å². The third-order valence-electron chi connectivity index (χ3n) is 6.43. The largest absolute Gasteiger partial charge is 0.380 e. The number of likely N-dealkylation sites (N-methyl/N-ethyl adjacent to an activating group) is 1. The molecular weight excluding hydrogens is 518 g/mol. The minimum Gasteiger partial charge on any atom is -0.380 e. The molecule has 7 heteroatoms. The van der Waals surface area contributed by atoms with Gasteiger partial charge in [0.2, 0.25) is 5.91 Å².